The van der Waals surface area contributed by atoms with Crippen molar-refractivity contribution in [2.24, 2.45) is 12.5 Å². The first-order valence-electron chi connectivity index (χ1n) is 5.51. The van der Waals surface area contributed by atoms with Gasteiger partial charge in [-0.05, 0) is 18.4 Å². The van der Waals surface area contributed by atoms with Crippen LogP contribution in [0.2, 0.25) is 0 Å². The number of aromatic nitrogens is 2. The van der Waals surface area contributed by atoms with E-state index in [9.17, 15) is 4.79 Å². The summed E-state index contributed by atoms with van der Waals surface area (Å²) in [6.07, 6.45) is 1.20. The van der Waals surface area contributed by atoms with Gasteiger partial charge in [-0.2, -0.15) is 5.10 Å². The predicted molar refractivity (Wildman–Crippen MR) is 62.4 cm³/mol. The highest BCUT2D eigenvalue weighted by Crippen LogP contribution is 2.25. The molecule has 1 rings (SSSR count). The van der Waals surface area contributed by atoms with Crippen molar-refractivity contribution in [3.8, 4) is 0 Å². The van der Waals surface area contributed by atoms with Gasteiger partial charge in [-0.15, -0.1) is 0 Å². The number of ether oxygens (including phenoxy) is 1. The second-order valence-corrected chi connectivity index (χ2v) is 4.91. The smallest absolute Gasteiger partial charge is 0.210 e. The largest absolute Gasteiger partial charge is 0.370 e. The van der Waals surface area contributed by atoms with Gasteiger partial charge in [0.05, 0.1) is 0 Å². The lowest BCUT2D eigenvalue weighted by atomic mass is 9.85. The van der Waals surface area contributed by atoms with E-state index < -0.39 is 6.10 Å². The van der Waals surface area contributed by atoms with Crippen LogP contribution in [0.25, 0.3) is 0 Å². The average Bonchev–Trinajstić information content (AvgIpc) is 2.58. The monoisotopic (exact) mass is 224 g/mol. The number of ketones is 1. The van der Waals surface area contributed by atoms with Crippen LogP contribution in [-0.2, 0) is 11.8 Å². The van der Waals surface area contributed by atoms with Crippen molar-refractivity contribution in [1.82, 2.24) is 9.78 Å². The van der Waals surface area contributed by atoms with Crippen LogP contribution < -0.4 is 0 Å². The lowest BCUT2D eigenvalue weighted by Crippen LogP contribution is -2.38. The van der Waals surface area contributed by atoms with Crippen molar-refractivity contribution < 1.29 is 9.53 Å². The highest BCUT2D eigenvalue weighted by Gasteiger charge is 2.33. The van der Waals surface area contributed by atoms with Gasteiger partial charge in [-0.25, -0.2) is 0 Å². The van der Waals surface area contributed by atoms with Gasteiger partial charge >= 0.3 is 0 Å². The van der Waals surface area contributed by atoms with E-state index in [1.807, 2.05) is 27.7 Å². The molecular formula is C12H20N2O2. The van der Waals surface area contributed by atoms with Crippen LogP contribution in [-0.4, -0.2) is 28.3 Å². The summed E-state index contributed by atoms with van der Waals surface area (Å²) in [5.74, 6) is -0.00523. The van der Waals surface area contributed by atoms with Crippen molar-refractivity contribution in [3.05, 3.63) is 18.0 Å². The van der Waals surface area contributed by atoms with E-state index in [4.69, 9.17) is 4.74 Å². The fourth-order valence-corrected chi connectivity index (χ4v) is 1.64. The van der Waals surface area contributed by atoms with Gasteiger partial charge in [0.1, 0.15) is 11.8 Å². The predicted octanol–water partition coefficient (Wildman–Crippen LogP) is 2.05. The summed E-state index contributed by atoms with van der Waals surface area (Å²) in [6, 6.07) is 1.72. The van der Waals surface area contributed by atoms with Crippen molar-refractivity contribution in [1.29, 1.82) is 0 Å². The molecule has 1 atom stereocenters. The molecule has 0 bridgehead atoms. The standard InChI is InChI=1S/C12H20N2O2/c1-6-16-11(12(2,3)4)10(15)9-7-8-13-14(9)5/h7-8,11H,6H2,1-5H3. The molecule has 0 saturated carbocycles. The zero-order valence-electron chi connectivity index (χ0n) is 10.7. The molecule has 1 aromatic heterocycles. The Bertz CT molecular complexity index is 363. The molecule has 4 heteroatoms. The van der Waals surface area contributed by atoms with Gasteiger partial charge in [0, 0.05) is 19.9 Å². The Hall–Kier alpha value is -1.16. The van der Waals surface area contributed by atoms with Crippen LogP contribution in [0, 0.1) is 5.41 Å². The minimum Gasteiger partial charge on any atom is -0.370 e. The molecule has 0 aromatic carbocycles. The summed E-state index contributed by atoms with van der Waals surface area (Å²) >= 11 is 0. The maximum absolute atomic E-state index is 12.3. The normalized spacial score (nSPS) is 13.8. The van der Waals surface area contributed by atoms with Crippen LogP contribution >= 0.6 is 0 Å². The topological polar surface area (TPSA) is 44.1 Å². The summed E-state index contributed by atoms with van der Waals surface area (Å²) in [5.41, 5.74) is 0.380. The van der Waals surface area contributed by atoms with Crippen molar-refractivity contribution in [2.75, 3.05) is 6.61 Å². The zero-order chi connectivity index (χ0) is 12.3. The summed E-state index contributed by atoms with van der Waals surface area (Å²) in [6.45, 7) is 8.44. The molecule has 0 aliphatic carbocycles. The van der Waals surface area contributed by atoms with Crippen LogP contribution in [0.4, 0.5) is 0 Å². The Labute approximate surface area is 96.6 Å². The number of Topliss-reactive ketones (excluding diaryl/α,β-unsaturated/α-hetero) is 1. The molecule has 4 nitrogen and oxygen atoms in total. The van der Waals surface area contributed by atoms with E-state index in [0.717, 1.165) is 0 Å². The first-order valence-corrected chi connectivity index (χ1v) is 5.51. The lowest BCUT2D eigenvalue weighted by Gasteiger charge is -2.28. The van der Waals surface area contributed by atoms with E-state index in [-0.39, 0.29) is 11.2 Å². The SMILES string of the molecule is CCOC(C(=O)c1ccnn1C)C(C)(C)C. The number of rotatable bonds is 4. The van der Waals surface area contributed by atoms with E-state index in [2.05, 4.69) is 5.10 Å². The maximum Gasteiger partial charge on any atom is 0.210 e. The van der Waals surface area contributed by atoms with Crippen LogP contribution in [0.3, 0.4) is 0 Å². The molecule has 0 N–H and O–H groups in total. The number of hydrogen-bond acceptors (Lipinski definition) is 3. The highest BCUT2D eigenvalue weighted by atomic mass is 16.5. The van der Waals surface area contributed by atoms with Crippen LogP contribution in [0.5, 0.6) is 0 Å². The number of carbonyl (C=O) groups is 1. The third kappa shape index (κ3) is 2.70. The van der Waals surface area contributed by atoms with Gasteiger partial charge in [-0.1, -0.05) is 20.8 Å². The Morgan fingerprint density at radius 2 is 2.19 bits per heavy atom. The summed E-state index contributed by atoms with van der Waals surface area (Å²) in [4.78, 5) is 12.3. The van der Waals surface area contributed by atoms with Gasteiger partial charge < -0.3 is 4.74 Å². The second-order valence-electron chi connectivity index (χ2n) is 4.91. The van der Waals surface area contributed by atoms with Crippen LogP contribution in [0.1, 0.15) is 38.2 Å². The quantitative estimate of drug-likeness (QED) is 0.735. The van der Waals surface area contributed by atoms with Crippen LogP contribution in [0.15, 0.2) is 12.3 Å². The van der Waals surface area contributed by atoms with E-state index in [1.165, 1.54) is 0 Å². The number of aryl methyl sites for hydroxylation is 1. The Morgan fingerprint density at radius 3 is 2.56 bits per heavy atom. The fraction of sp³-hybridized carbons (Fsp3) is 0.667. The molecule has 0 amide bonds. The average molecular weight is 224 g/mol. The first kappa shape index (κ1) is 12.9. The Morgan fingerprint density at radius 1 is 1.56 bits per heavy atom. The minimum atomic E-state index is -0.423. The minimum absolute atomic E-state index is 0.00523. The molecule has 90 valence electrons. The van der Waals surface area contributed by atoms with E-state index in [1.54, 1.807) is 24.0 Å². The number of carbonyl (C=O) groups excluding carboxylic acids is 1. The molecule has 0 radical (unpaired) electrons. The van der Waals surface area contributed by atoms with Gasteiger partial charge in [-0.3, -0.25) is 9.48 Å². The third-order valence-corrected chi connectivity index (χ3v) is 2.43. The van der Waals surface area contributed by atoms with Crippen molar-refractivity contribution >= 4 is 5.78 Å². The van der Waals surface area contributed by atoms with E-state index >= 15 is 0 Å². The lowest BCUT2D eigenvalue weighted by molar-refractivity contribution is -0.000853. The molecule has 0 fully saturated rings. The summed E-state index contributed by atoms with van der Waals surface area (Å²) in [7, 11) is 1.76. The maximum atomic E-state index is 12.3. The first-order chi connectivity index (χ1) is 7.38. The molecule has 0 spiro atoms. The van der Waals surface area contributed by atoms with E-state index in [0.29, 0.717) is 12.3 Å². The third-order valence-electron chi connectivity index (χ3n) is 2.43. The van der Waals surface area contributed by atoms with Crippen molar-refractivity contribution in [2.45, 2.75) is 33.8 Å². The second kappa shape index (κ2) is 4.78. The molecular weight excluding hydrogens is 204 g/mol. The molecule has 1 unspecified atom stereocenters. The van der Waals surface area contributed by atoms with Gasteiger partial charge in [0.2, 0.25) is 5.78 Å². The zero-order valence-corrected chi connectivity index (χ0v) is 10.7. The van der Waals surface area contributed by atoms with Crippen molar-refractivity contribution in [3.63, 3.8) is 0 Å². The Balaban J connectivity index is 2.97. The highest BCUT2D eigenvalue weighted by molar-refractivity contribution is 5.98. The number of hydrogen-bond donors (Lipinski definition) is 0. The molecule has 0 aliphatic heterocycles. The molecule has 1 aromatic rings. The molecule has 0 saturated heterocycles. The fourth-order valence-electron chi connectivity index (χ4n) is 1.64. The summed E-state index contributed by atoms with van der Waals surface area (Å²) in [5, 5.41) is 4.00. The molecule has 1 heterocycles. The Kier molecular flexibility index (Phi) is 3.86. The van der Waals surface area contributed by atoms with Gasteiger partial charge in [0.25, 0.3) is 0 Å². The molecule has 16 heavy (non-hydrogen) atoms. The number of nitrogens with zero attached hydrogens (tertiary/aromatic N) is 2. The molecule has 0 aliphatic rings. The van der Waals surface area contributed by atoms with Gasteiger partial charge in [0.15, 0.2) is 0 Å². The summed E-state index contributed by atoms with van der Waals surface area (Å²) < 4.78 is 7.14.